The molecule has 2 aromatic carbocycles. The molecule has 308 valence electrons. The quantitative estimate of drug-likeness (QED) is 0.225. The zero-order valence-corrected chi connectivity index (χ0v) is 33.4. The first-order chi connectivity index (χ1) is 28.7. The number of nitrogens with one attached hydrogen (secondary N) is 2. The van der Waals surface area contributed by atoms with Crippen LogP contribution in [0.3, 0.4) is 0 Å². The van der Waals surface area contributed by atoms with Gasteiger partial charge in [-0.25, -0.2) is 9.97 Å². The van der Waals surface area contributed by atoms with Gasteiger partial charge in [-0.1, -0.05) is 0 Å². The van der Waals surface area contributed by atoms with Gasteiger partial charge in [0.25, 0.3) is 11.8 Å². The Balaban J connectivity index is 0.690. The molecule has 2 atom stereocenters. The lowest BCUT2D eigenvalue weighted by atomic mass is 9.95. The van der Waals surface area contributed by atoms with Crippen molar-refractivity contribution in [3.8, 4) is 17.1 Å². The average molecular weight is 803 g/mol. The van der Waals surface area contributed by atoms with Crippen molar-refractivity contribution in [1.82, 2.24) is 40.2 Å². The second-order valence-corrected chi connectivity index (χ2v) is 17.2. The number of hydrogen-bond acceptors (Lipinski definition) is 13. The summed E-state index contributed by atoms with van der Waals surface area (Å²) in [5, 5.41) is 11.0. The summed E-state index contributed by atoms with van der Waals surface area (Å²) < 4.78 is 12.5. The van der Waals surface area contributed by atoms with Gasteiger partial charge in [0.15, 0.2) is 0 Å². The zero-order valence-electron chi connectivity index (χ0n) is 33.4. The molecular formula is C43H50N10O6. The maximum Gasteiger partial charge on any atom is 0.262 e. The van der Waals surface area contributed by atoms with Gasteiger partial charge in [-0.3, -0.25) is 39.4 Å². The highest BCUT2D eigenvalue weighted by Gasteiger charge is 2.45. The molecular weight excluding hydrogens is 753 g/mol. The molecule has 4 aromatic rings. The Morgan fingerprint density at radius 2 is 1.61 bits per heavy atom. The number of piperazine rings is 1. The van der Waals surface area contributed by atoms with Crippen molar-refractivity contribution in [1.29, 1.82) is 0 Å². The van der Waals surface area contributed by atoms with E-state index in [1.54, 1.807) is 18.5 Å². The predicted octanol–water partition coefficient (Wildman–Crippen LogP) is 3.09. The first kappa shape index (κ1) is 37.8. The third-order valence-electron chi connectivity index (χ3n) is 13.1. The first-order valence-electron chi connectivity index (χ1n) is 21.1. The van der Waals surface area contributed by atoms with Gasteiger partial charge in [-0.15, -0.1) is 0 Å². The summed E-state index contributed by atoms with van der Waals surface area (Å²) >= 11 is 0. The van der Waals surface area contributed by atoms with Crippen molar-refractivity contribution in [3.63, 3.8) is 0 Å². The van der Waals surface area contributed by atoms with E-state index in [9.17, 15) is 19.2 Å². The second kappa shape index (κ2) is 15.3. The first-order valence-corrected chi connectivity index (χ1v) is 21.1. The predicted molar refractivity (Wildman–Crippen MR) is 218 cm³/mol. The second-order valence-electron chi connectivity index (χ2n) is 17.2. The molecule has 1 saturated carbocycles. The molecule has 0 radical (unpaired) electrons. The highest BCUT2D eigenvalue weighted by Crippen LogP contribution is 2.41. The van der Waals surface area contributed by atoms with Crippen LogP contribution in [0, 0.1) is 5.92 Å². The Labute approximate surface area is 342 Å². The normalized spacial score (nSPS) is 24.2. The largest absolute Gasteiger partial charge is 0.488 e. The molecule has 1 unspecified atom stereocenters. The minimum absolute atomic E-state index is 0.0581. The number of morpholine rings is 1. The Morgan fingerprint density at radius 1 is 0.831 bits per heavy atom. The van der Waals surface area contributed by atoms with E-state index >= 15 is 0 Å². The summed E-state index contributed by atoms with van der Waals surface area (Å²) in [6.45, 7) is 12.1. The molecule has 5 aliphatic heterocycles. The number of ether oxygens (including phenoxy) is 2. The van der Waals surface area contributed by atoms with Crippen LogP contribution in [0.2, 0.25) is 0 Å². The summed E-state index contributed by atoms with van der Waals surface area (Å²) in [5.41, 5.74) is 4.01. The van der Waals surface area contributed by atoms with Gasteiger partial charge in [-0.2, -0.15) is 5.10 Å². The fraction of sp³-hybridized carbons (Fsp3) is 0.512. The monoisotopic (exact) mass is 802 g/mol. The third kappa shape index (κ3) is 7.64. The zero-order chi connectivity index (χ0) is 40.3. The van der Waals surface area contributed by atoms with Crippen LogP contribution in [0.15, 0.2) is 48.8 Å². The maximum absolute atomic E-state index is 13.4. The molecule has 2 aromatic heterocycles. The number of amides is 4. The molecule has 1 aliphatic carbocycles. The Morgan fingerprint density at radius 3 is 2.39 bits per heavy atom. The molecule has 0 bridgehead atoms. The van der Waals surface area contributed by atoms with Crippen molar-refractivity contribution in [2.24, 2.45) is 5.92 Å². The van der Waals surface area contributed by atoms with Gasteiger partial charge in [0, 0.05) is 89.0 Å². The molecule has 7 heterocycles. The number of nitrogens with zero attached hydrogens (tertiary/aromatic N) is 8. The van der Waals surface area contributed by atoms with Crippen LogP contribution >= 0.6 is 0 Å². The minimum atomic E-state index is -0.960. The molecule has 4 saturated heterocycles. The third-order valence-corrected chi connectivity index (χ3v) is 13.1. The van der Waals surface area contributed by atoms with Crippen LogP contribution in [0.5, 0.6) is 5.75 Å². The number of carbonyl (C=O) groups excluding carboxylic acids is 4. The number of aromatic nitrogens is 4. The summed E-state index contributed by atoms with van der Waals surface area (Å²) in [6, 6.07) is 12.5. The number of fused-ring (bicyclic) bond motifs is 2. The maximum atomic E-state index is 13.4. The van der Waals surface area contributed by atoms with E-state index in [0.29, 0.717) is 23.7 Å². The van der Waals surface area contributed by atoms with Gasteiger partial charge in [-0.05, 0) is 81.3 Å². The Kier molecular flexibility index (Phi) is 9.80. The average Bonchev–Trinajstić information content (AvgIpc) is 3.73. The Hall–Kier alpha value is -5.45. The minimum Gasteiger partial charge on any atom is -0.488 e. The molecule has 16 heteroatoms. The molecule has 16 nitrogen and oxygen atoms in total. The number of H-pyrrole nitrogens is 1. The van der Waals surface area contributed by atoms with E-state index in [4.69, 9.17) is 9.47 Å². The summed E-state index contributed by atoms with van der Waals surface area (Å²) in [4.78, 5) is 70.6. The van der Waals surface area contributed by atoms with Gasteiger partial charge >= 0.3 is 0 Å². The molecule has 2 N–H and O–H groups in total. The van der Waals surface area contributed by atoms with Crippen molar-refractivity contribution in [3.05, 3.63) is 59.9 Å². The standard InChI is InChI=1S/C43H50N10O6/c1-43(10-11-43)59-29-3-5-34-33(21-29)39(48-47-34)35-22-37(45-26-44-35)52-18-19-58-30(25-52)24-50-16-14-49(15-17-50)23-27-8-12-51(13-9-27)28-2-4-31-32(20-28)42(57)53(41(31)56)36-6-7-38(54)46-40(36)55/h2-5,20-22,26-27,30,36H,6-19,23-25H2,1H3,(H,47,48)(H,46,54,55)/t30-,36?/m1/s1. The van der Waals surface area contributed by atoms with Crippen molar-refractivity contribution in [2.45, 2.75) is 63.2 Å². The summed E-state index contributed by atoms with van der Waals surface area (Å²) in [5.74, 6) is 0.402. The van der Waals surface area contributed by atoms with E-state index in [1.165, 1.54) is 0 Å². The number of imide groups is 2. The van der Waals surface area contributed by atoms with Crippen molar-refractivity contribution >= 4 is 46.0 Å². The van der Waals surface area contributed by atoms with Gasteiger partial charge < -0.3 is 24.2 Å². The fourth-order valence-electron chi connectivity index (χ4n) is 9.34. The van der Waals surface area contributed by atoms with Crippen LogP contribution in [-0.4, -0.2) is 148 Å². The highest BCUT2D eigenvalue weighted by atomic mass is 16.5. The molecule has 4 amide bonds. The SMILES string of the molecule is CC1(Oc2ccc3[nH]nc(-c4cc(N5CCO[C@H](CN6CCN(CC7CCN(c8ccc9c(c8)C(=O)N(C8CCC(=O)NC8=O)C9=O)CC7)CC6)C5)ncn4)c3c2)CC1. The summed E-state index contributed by atoms with van der Waals surface area (Å²) in [7, 11) is 0. The molecule has 6 aliphatic rings. The number of benzene rings is 2. The Bertz CT molecular complexity index is 2290. The van der Waals surface area contributed by atoms with Gasteiger partial charge in [0.2, 0.25) is 11.8 Å². The fourth-order valence-corrected chi connectivity index (χ4v) is 9.34. The lowest BCUT2D eigenvalue weighted by molar-refractivity contribution is -0.136. The van der Waals surface area contributed by atoms with Gasteiger partial charge in [0.1, 0.15) is 35.2 Å². The van der Waals surface area contributed by atoms with Gasteiger partial charge in [0.05, 0.1) is 35.0 Å². The molecule has 10 rings (SSSR count). The molecule has 0 spiro atoms. The van der Waals surface area contributed by atoms with Crippen molar-refractivity contribution in [2.75, 3.05) is 81.9 Å². The van der Waals surface area contributed by atoms with Crippen molar-refractivity contribution < 1.29 is 28.7 Å². The van der Waals surface area contributed by atoms with Crippen LogP contribution in [0.4, 0.5) is 11.5 Å². The van der Waals surface area contributed by atoms with Crippen LogP contribution in [0.25, 0.3) is 22.3 Å². The van der Waals surface area contributed by atoms with E-state index in [1.807, 2.05) is 24.3 Å². The number of hydrogen-bond donors (Lipinski definition) is 2. The molecule has 5 fully saturated rings. The van der Waals surface area contributed by atoms with Crippen LogP contribution in [-0.2, 0) is 14.3 Å². The number of carbonyl (C=O) groups is 4. The summed E-state index contributed by atoms with van der Waals surface area (Å²) in [6.07, 6.45) is 6.21. The molecule has 59 heavy (non-hydrogen) atoms. The number of aromatic amines is 1. The smallest absolute Gasteiger partial charge is 0.262 e. The highest BCUT2D eigenvalue weighted by molar-refractivity contribution is 6.23. The lowest BCUT2D eigenvalue weighted by Crippen LogP contribution is -2.54. The van der Waals surface area contributed by atoms with Crippen LogP contribution in [0.1, 0.15) is 66.2 Å². The van der Waals surface area contributed by atoms with E-state index in [2.05, 4.69) is 58.1 Å². The van der Waals surface area contributed by atoms with E-state index < -0.39 is 23.8 Å². The number of rotatable bonds is 10. The van der Waals surface area contributed by atoms with Crippen LogP contribution < -0.4 is 19.9 Å². The number of piperidine rings is 2. The number of anilines is 2. The van der Waals surface area contributed by atoms with E-state index in [0.717, 1.165) is 136 Å². The topological polar surface area (TPSA) is 169 Å². The lowest BCUT2D eigenvalue weighted by Gasteiger charge is -2.41. The van der Waals surface area contributed by atoms with E-state index in [-0.39, 0.29) is 30.5 Å².